The zero-order valence-electron chi connectivity index (χ0n) is 9.53. The molecule has 0 spiro atoms. The largest absolute Gasteiger partial charge is 0.446 e. The van der Waals surface area contributed by atoms with E-state index in [0.29, 0.717) is 4.42 Å². The fourth-order valence-electron chi connectivity index (χ4n) is 1.39. The second-order valence-corrected chi connectivity index (χ2v) is 8.92. The van der Waals surface area contributed by atoms with Crippen LogP contribution in [0.15, 0.2) is 0 Å². The lowest BCUT2D eigenvalue weighted by Gasteiger charge is -2.26. The molecule has 0 bridgehead atoms. The van der Waals surface area contributed by atoms with Crippen LogP contribution in [0.2, 0.25) is 0 Å². The number of amides is 1. The molecule has 2 unspecified atom stereocenters. The van der Waals surface area contributed by atoms with E-state index in [1.165, 1.54) is 6.92 Å². The number of hydrogen-bond acceptors (Lipinski definition) is 6. The van der Waals surface area contributed by atoms with Crippen LogP contribution in [0.3, 0.4) is 0 Å². The number of halogens is 1. The Morgan fingerprint density at radius 3 is 2.33 bits per heavy atom. The summed E-state index contributed by atoms with van der Waals surface area (Å²) in [4.78, 5) is 11.1. The third kappa shape index (κ3) is 2.87. The third-order valence-electron chi connectivity index (χ3n) is 2.58. The third-order valence-corrected chi connectivity index (χ3v) is 7.61. The van der Waals surface area contributed by atoms with Crippen molar-refractivity contribution in [1.82, 2.24) is 4.42 Å². The molecule has 1 heterocycles. The van der Waals surface area contributed by atoms with Crippen LogP contribution >= 0.6 is 11.8 Å². The van der Waals surface area contributed by atoms with Crippen molar-refractivity contribution in [3.8, 4) is 0 Å². The summed E-state index contributed by atoms with van der Waals surface area (Å²) in [5.41, 5.74) is -1.38. The maximum atomic E-state index is 11.8. The van der Waals surface area contributed by atoms with Gasteiger partial charge in [0.15, 0.2) is 14.4 Å². The lowest BCUT2D eigenvalue weighted by molar-refractivity contribution is 0.170. The van der Waals surface area contributed by atoms with E-state index < -0.39 is 41.9 Å². The van der Waals surface area contributed by atoms with Crippen LogP contribution in [0, 0.1) is 0 Å². The molecule has 0 aromatic carbocycles. The molecule has 1 N–H and O–H groups in total. The van der Waals surface area contributed by atoms with Gasteiger partial charge in [0.25, 0.3) is 10.1 Å². The van der Waals surface area contributed by atoms with Gasteiger partial charge in [0.1, 0.15) is 12.1 Å². The second kappa shape index (κ2) is 4.51. The Labute approximate surface area is 110 Å². The minimum atomic E-state index is -4.74. The van der Waals surface area contributed by atoms with Crippen LogP contribution in [0.4, 0.5) is 4.79 Å². The van der Waals surface area contributed by atoms with Gasteiger partial charge in [0.05, 0.1) is 5.75 Å². The van der Waals surface area contributed by atoms with Crippen LogP contribution < -0.4 is 0 Å². The van der Waals surface area contributed by atoms with E-state index in [1.54, 1.807) is 0 Å². The molecule has 0 aliphatic carbocycles. The molecule has 1 rings (SSSR count). The van der Waals surface area contributed by atoms with Gasteiger partial charge < -0.3 is 4.74 Å². The number of ether oxygens (including phenoxy) is 1. The average Bonchev–Trinajstić information content (AvgIpc) is 2.43. The van der Waals surface area contributed by atoms with E-state index in [4.69, 9.17) is 16.3 Å². The molecule has 18 heavy (non-hydrogen) atoms. The molecule has 1 saturated heterocycles. The Hall–Kier alpha value is -0.580. The molecule has 1 aliphatic rings. The Morgan fingerprint density at radius 2 is 2.00 bits per heavy atom. The zero-order chi connectivity index (χ0) is 14.4. The van der Waals surface area contributed by atoms with Gasteiger partial charge in [-0.25, -0.2) is 17.6 Å². The highest BCUT2D eigenvalue weighted by Gasteiger charge is 2.48. The minimum absolute atomic E-state index is 0.285. The molecule has 0 aromatic heterocycles. The number of carbonyl (C=O) groups is 1. The summed E-state index contributed by atoms with van der Waals surface area (Å²) in [5, 5.41) is 0. The molecular formula is C7H12ClNO7S2. The SMILES string of the molecule is CC(S(=O)(=O)O)S(=O)(=O)CC1(C)COC(=O)N1Cl. The quantitative estimate of drug-likeness (QED) is 0.572. The summed E-state index contributed by atoms with van der Waals surface area (Å²) < 4.78 is 57.2. The summed E-state index contributed by atoms with van der Waals surface area (Å²) in [7, 11) is -8.95. The number of sulfone groups is 1. The van der Waals surface area contributed by atoms with Crippen molar-refractivity contribution in [3.63, 3.8) is 0 Å². The number of rotatable bonds is 4. The van der Waals surface area contributed by atoms with E-state index in [2.05, 4.69) is 4.74 Å². The Balaban J connectivity index is 3.01. The maximum Gasteiger partial charge on any atom is 0.425 e. The first-order valence-electron chi connectivity index (χ1n) is 4.71. The van der Waals surface area contributed by atoms with E-state index in [9.17, 15) is 21.6 Å². The molecule has 0 radical (unpaired) electrons. The molecule has 106 valence electrons. The average molecular weight is 322 g/mol. The molecule has 11 heteroatoms. The Kier molecular flexibility index (Phi) is 3.88. The smallest absolute Gasteiger partial charge is 0.425 e. The van der Waals surface area contributed by atoms with Crippen molar-refractivity contribution in [2.45, 2.75) is 24.0 Å². The van der Waals surface area contributed by atoms with Gasteiger partial charge in [-0.2, -0.15) is 8.42 Å². The van der Waals surface area contributed by atoms with Crippen molar-refractivity contribution >= 4 is 37.8 Å². The van der Waals surface area contributed by atoms with E-state index in [0.717, 1.165) is 6.92 Å². The predicted molar refractivity (Wildman–Crippen MR) is 62.2 cm³/mol. The van der Waals surface area contributed by atoms with Crippen LogP contribution in [-0.4, -0.2) is 54.4 Å². The standard InChI is InChI=1S/C7H12ClNO7S2/c1-5(18(13,14)15)17(11,12)4-7(2)3-16-6(10)9(7)8/h5H,3-4H2,1-2H3,(H,13,14,15). The van der Waals surface area contributed by atoms with Gasteiger partial charge in [-0.1, -0.05) is 0 Å². The second-order valence-electron chi connectivity index (χ2n) is 4.22. The summed E-state index contributed by atoms with van der Waals surface area (Å²) in [6.07, 6.45) is -0.908. The van der Waals surface area contributed by atoms with Crippen molar-refractivity contribution in [2.75, 3.05) is 12.4 Å². The van der Waals surface area contributed by atoms with E-state index in [1.807, 2.05) is 0 Å². The van der Waals surface area contributed by atoms with Crippen molar-refractivity contribution in [1.29, 1.82) is 0 Å². The fourth-order valence-corrected chi connectivity index (χ4v) is 4.61. The van der Waals surface area contributed by atoms with E-state index >= 15 is 0 Å². The first kappa shape index (κ1) is 15.5. The van der Waals surface area contributed by atoms with Crippen molar-refractivity contribution < 1.29 is 30.9 Å². The number of hydrogen-bond donors (Lipinski definition) is 1. The predicted octanol–water partition coefficient (Wildman–Crippen LogP) is -0.000300. The van der Waals surface area contributed by atoms with Gasteiger partial charge in [-0.05, 0) is 13.8 Å². The van der Waals surface area contributed by atoms with Crippen LogP contribution in [0.5, 0.6) is 0 Å². The minimum Gasteiger partial charge on any atom is -0.446 e. The molecular weight excluding hydrogens is 310 g/mol. The van der Waals surface area contributed by atoms with Crippen LogP contribution in [-0.2, 0) is 24.7 Å². The molecule has 2 atom stereocenters. The van der Waals surface area contributed by atoms with Crippen LogP contribution in [0.1, 0.15) is 13.8 Å². The molecule has 8 nitrogen and oxygen atoms in total. The summed E-state index contributed by atoms with van der Waals surface area (Å²) in [6.45, 7) is 1.89. The normalized spacial score (nSPS) is 27.1. The van der Waals surface area contributed by atoms with E-state index in [-0.39, 0.29) is 6.61 Å². The molecule has 0 aromatic rings. The van der Waals surface area contributed by atoms with Gasteiger partial charge in [0.2, 0.25) is 0 Å². The Bertz CT molecular complexity index is 556. The number of cyclic esters (lactones) is 1. The maximum absolute atomic E-state index is 11.8. The highest BCUT2D eigenvalue weighted by Crippen LogP contribution is 2.29. The summed E-state index contributed by atoms with van der Waals surface area (Å²) in [6, 6.07) is 0. The zero-order valence-corrected chi connectivity index (χ0v) is 11.9. The van der Waals surface area contributed by atoms with Crippen molar-refractivity contribution in [2.24, 2.45) is 0 Å². The Morgan fingerprint density at radius 1 is 1.50 bits per heavy atom. The van der Waals surface area contributed by atoms with Crippen molar-refractivity contribution in [3.05, 3.63) is 0 Å². The molecule has 1 fully saturated rings. The topological polar surface area (TPSA) is 118 Å². The number of carbonyl (C=O) groups excluding carboxylic acids is 1. The van der Waals surface area contributed by atoms with Gasteiger partial charge >= 0.3 is 6.09 Å². The lowest BCUT2D eigenvalue weighted by atomic mass is 10.1. The van der Waals surface area contributed by atoms with Gasteiger partial charge in [-0.15, -0.1) is 0 Å². The van der Waals surface area contributed by atoms with Gasteiger partial charge in [-0.3, -0.25) is 4.55 Å². The van der Waals surface area contributed by atoms with Crippen LogP contribution in [0.25, 0.3) is 0 Å². The molecule has 1 amide bonds. The van der Waals surface area contributed by atoms with Gasteiger partial charge in [0, 0.05) is 11.8 Å². The highest BCUT2D eigenvalue weighted by molar-refractivity contribution is 8.06. The molecule has 1 aliphatic heterocycles. The molecule has 0 saturated carbocycles. The first-order chi connectivity index (χ1) is 7.90. The highest BCUT2D eigenvalue weighted by atomic mass is 35.5. The summed E-state index contributed by atoms with van der Waals surface area (Å²) in [5.74, 6) is -0.740. The lowest BCUT2D eigenvalue weighted by Crippen LogP contribution is -2.47. The summed E-state index contributed by atoms with van der Waals surface area (Å²) >= 11 is 5.58. The first-order valence-corrected chi connectivity index (χ1v) is 8.26. The monoisotopic (exact) mass is 321 g/mol. The fraction of sp³-hybridized carbons (Fsp3) is 0.857. The number of nitrogens with zero attached hydrogens (tertiary/aromatic N) is 1.